The number of sulfonamides is 1. The molecule has 142 valence electrons. The van der Waals surface area contributed by atoms with Crippen molar-refractivity contribution in [2.45, 2.75) is 37.5 Å². The lowest BCUT2D eigenvalue weighted by atomic mass is 9.87. The number of carbonyl (C=O) groups excluding carboxylic acids is 1. The maximum absolute atomic E-state index is 12.4. The van der Waals surface area contributed by atoms with Gasteiger partial charge >= 0.3 is 0 Å². The summed E-state index contributed by atoms with van der Waals surface area (Å²) in [5.74, 6) is -0.320. The molecule has 2 N–H and O–H groups in total. The van der Waals surface area contributed by atoms with Crippen LogP contribution in [0.3, 0.4) is 0 Å². The highest BCUT2D eigenvalue weighted by molar-refractivity contribution is 7.89. The SMILES string of the molecule is CC(C)(C)c1ccc(NC(=O)c2ccc(S(=O)(=O)NCCC#N)cc2)cc1. The fourth-order valence-electron chi connectivity index (χ4n) is 2.37. The molecule has 0 fully saturated rings. The highest BCUT2D eigenvalue weighted by Gasteiger charge is 2.15. The molecular weight excluding hydrogens is 362 g/mol. The number of hydrogen-bond donors (Lipinski definition) is 2. The summed E-state index contributed by atoms with van der Waals surface area (Å²) in [5, 5.41) is 11.3. The number of amides is 1. The van der Waals surface area contributed by atoms with E-state index in [0.29, 0.717) is 11.3 Å². The Morgan fingerprint density at radius 1 is 1.04 bits per heavy atom. The Morgan fingerprint density at radius 2 is 1.63 bits per heavy atom. The predicted molar refractivity (Wildman–Crippen MR) is 105 cm³/mol. The average Bonchev–Trinajstić information content (AvgIpc) is 2.61. The minimum absolute atomic E-state index is 0.0329. The molecule has 0 spiro atoms. The largest absolute Gasteiger partial charge is 0.322 e. The second-order valence-corrected chi connectivity index (χ2v) is 8.88. The Bertz CT molecular complexity index is 936. The zero-order valence-corrected chi connectivity index (χ0v) is 16.4. The van der Waals surface area contributed by atoms with Crippen LogP contribution in [0.5, 0.6) is 0 Å². The van der Waals surface area contributed by atoms with Gasteiger partial charge in [-0.05, 0) is 47.4 Å². The molecule has 0 unspecified atom stereocenters. The Morgan fingerprint density at radius 3 is 2.15 bits per heavy atom. The van der Waals surface area contributed by atoms with Crippen molar-refractivity contribution >= 4 is 21.6 Å². The van der Waals surface area contributed by atoms with E-state index in [2.05, 4.69) is 30.8 Å². The zero-order valence-electron chi connectivity index (χ0n) is 15.6. The molecule has 0 aliphatic heterocycles. The van der Waals surface area contributed by atoms with Crippen LogP contribution in [0.4, 0.5) is 5.69 Å². The number of nitrogens with zero attached hydrogens (tertiary/aromatic N) is 1. The van der Waals surface area contributed by atoms with E-state index in [4.69, 9.17) is 5.26 Å². The average molecular weight is 385 g/mol. The summed E-state index contributed by atoms with van der Waals surface area (Å²) in [6.45, 7) is 6.40. The van der Waals surface area contributed by atoms with Gasteiger partial charge in [0.1, 0.15) is 0 Å². The standard InChI is InChI=1S/C20H23N3O3S/c1-20(2,3)16-7-9-17(10-8-16)23-19(24)15-5-11-18(12-6-15)27(25,26)22-14-4-13-21/h5-12,22H,4,14H2,1-3H3,(H,23,24). The van der Waals surface area contributed by atoms with Gasteiger partial charge in [-0.3, -0.25) is 4.79 Å². The molecule has 2 aromatic carbocycles. The van der Waals surface area contributed by atoms with Crippen LogP contribution in [-0.4, -0.2) is 20.9 Å². The molecule has 0 radical (unpaired) electrons. The summed E-state index contributed by atoms with van der Waals surface area (Å²) in [6.07, 6.45) is 0.0910. The third kappa shape index (κ3) is 5.64. The number of anilines is 1. The van der Waals surface area contributed by atoms with Gasteiger partial charge in [-0.25, -0.2) is 13.1 Å². The van der Waals surface area contributed by atoms with E-state index in [1.54, 1.807) is 0 Å². The molecule has 0 saturated heterocycles. The van der Waals surface area contributed by atoms with E-state index in [1.807, 2.05) is 30.3 Å². The summed E-state index contributed by atoms with van der Waals surface area (Å²) < 4.78 is 26.5. The zero-order chi connectivity index (χ0) is 20.1. The maximum Gasteiger partial charge on any atom is 0.255 e. The quantitative estimate of drug-likeness (QED) is 0.744. The molecule has 7 heteroatoms. The third-order valence-corrected chi connectivity index (χ3v) is 5.44. The lowest BCUT2D eigenvalue weighted by Gasteiger charge is -2.19. The van der Waals surface area contributed by atoms with E-state index in [-0.39, 0.29) is 29.2 Å². The Hall–Kier alpha value is -2.69. The van der Waals surface area contributed by atoms with Gasteiger partial charge in [-0.15, -0.1) is 0 Å². The first-order chi connectivity index (χ1) is 12.6. The summed E-state index contributed by atoms with van der Waals surface area (Å²) in [7, 11) is -3.69. The second-order valence-electron chi connectivity index (χ2n) is 7.11. The first kappa shape index (κ1) is 20.6. The maximum atomic E-state index is 12.4. The van der Waals surface area contributed by atoms with Crippen LogP contribution >= 0.6 is 0 Å². The fraction of sp³-hybridized carbons (Fsp3) is 0.300. The Labute approximate surface area is 160 Å². The first-order valence-electron chi connectivity index (χ1n) is 8.52. The van der Waals surface area contributed by atoms with Crippen molar-refractivity contribution in [2.75, 3.05) is 11.9 Å². The number of nitrogens with one attached hydrogen (secondary N) is 2. The van der Waals surface area contributed by atoms with E-state index in [9.17, 15) is 13.2 Å². The van der Waals surface area contributed by atoms with Crippen LogP contribution in [0.15, 0.2) is 53.4 Å². The third-order valence-electron chi connectivity index (χ3n) is 3.96. The molecule has 0 aliphatic carbocycles. The summed E-state index contributed by atoms with van der Waals surface area (Å²) in [5.41, 5.74) is 2.22. The predicted octanol–water partition coefficient (Wildman–Crippen LogP) is 3.43. The molecule has 2 rings (SSSR count). The minimum Gasteiger partial charge on any atom is -0.322 e. The number of benzene rings is 2. The van der Waals surface area contributed by atoms with Crippen LogP contribution in [0.2, 0.25) is 0 Å². The van der Waals surface area contributed by atoms with Crippen LogP contribution in [0, 0.1) is 11.3 Å². The van der Waals surface area contributed by atoms with Gasteiger partial charge in [0.25, 0.3) is 5.91 Å². The summed E-state index contributed by atoms with van der Waals surface area (Å²) in [4.78, 5) is 12.4. The van der Waals surface area contributed by atoms with Gasteiger partial charge < -0.3 is 5.32 Å². The van der Waals surface area contributed by atoms with E-state index in [1.165, 1.54) is 29.8 Å². The number of nitriles is 1. The van der Waals surface area contributed by atoms with Gasteiger partial charge in [0.2, 0.25) is 10.0 Å². The van der Waals surface area contributed by atoms with Crippen LogP contribution in [0.1, 0.15) is 43.1 Å². The molecule has 1 amide bonds. The molecule has 0 aromatic heterocycles. The van der Waals surface area contributed by atoms with Gasteiger partial charge in [0.05, 0.1) is 11.0 Å². The van der Waals surface area contributed by atoms with Gasteiger partial charge in [0, 0.05) is 24.2 Å². The van der Waals surface area contributed by atoms with Crippen LogP contribution in [-0.2, 0) is 15.4 Å². The van der Waals surface area contributed by atoms with E-state index >= 15 is 0 Å². The van der Waals surface area contributed by atoms with Gasteiger partial charge in [-0.1, -0.05) is 32.9 Å². The molecule has 0 bridgehead atoms. The van der Waals surface area contributed by atoms with Crippen LogP contribution in [0.25, 0.3) is 0 Å². The van der Waals surface area contributed by atoms with Crippen molar-refractivity contribution in [3.8, 4) is 6.07 Å². The van der Waals surface area contributed by atoms with E-state index in [0.717, 1.165) is 0 Å². The van der Waals surface area contributed by atoms with Crippen molar-refractivity contribution in [3.63, 3.8) is 0 Å². The van der Waals surface area contributed by atoms with Gasteiger partial charge in [-0.2, -0.15) is 5.26 Å². The molecular formula is C20H23N3O3S. The topological polar surface area (TPSA) is 99.1 Å². The molecule has 27 heavy (non-hydrogen) atoms. The van der Waals surface area contributed by atoms with Crippen molar-refractivity contribution in [2.24, 2.45) is 0 Å². The smallest absolute Gasteiger partial charge is 0.255 e. The molecule has 0 saturated carbocycles. The minimum atomic E-state index is -3.69. The lowest BCUT2D eigenvalue weighted by Crippen LogP contribution is -2.24. The molecule has 0 heterocycles. The van der Waals surface area contributed by atoms with Crippen molar-refractivity contribution in [1.82, 2.24) is 4.72 Å². The van der Waals surface area contributed by atoms with Crippen LogP contribution < -0.4 is 10.0 Å². The Kier molecular flexibility index (Phi) is 6.37. The number of hydrogen-bond acceptors (Lipinski definition) is 4. The first-order valence-corrected chi connectivity index (χ1v) is 10.0. The highest BCUT2D eigenvalue weighted by atomic mass is 32.2. The lowest BCUT2D eigenvalue weighted by molar-refractivity contribution is 0.102. The second kappa shape index (κ2) is 8.33. The Balaban J connectivity index is 2.06. The highest BCUT2D eigenvalue weighted by Crippen LogP contribution is 2.23. The summed E-state index contributed by atoms with van der Waals surface area (Å²) in [6, 6.07) is 15.1. The van der Waals surface area contributed by atoms with Crippen molar-refractivity contribution in [1.29, 1.82) is 5.26 Å². The molecule has 2 aromatic rings. The van der Waals surface area contributed by atoms with Gasteiger partial charge in [0.15, 0.2) is 0 Å². The molecule has 0 atom stereocenters. The monoisotopic (exact) mass is 385 g/mol. The summed E-state index contributed by atoms with van der Waals surface area (Å²) >= 11 is 0. The molecule has 0 aliphatic rings. The van der Waals surface area contributed by atoms with Crippen molar-refractivity contribution < 1.29 is 13.2 Å². The normalized spacial score (nSPS) is 11.6. The van der Waals surface area contributed by atoms with Crippen molar-refractivity contribution in [3.05, 3.63) is 59.7 Å². The number of rotatable bonds is 6. The number of carbonyl (C=O) groups is 1. The fourth-order valence-corrected chi connectivity index (χ4v) is 3.40. The van der Waals surface area contributed by atoms with E-state index < -0.39 is 10.0 Å². The molecule has 6 nitrogen and oxygen atoms in total.